The first-order valence-electron chi connectivity index (χ1n) is 11.1. The number of primary amides is 1. The Labute approximate surface area is 171 Å². The molecule has 2 saturated carbocycles. The highest BCUT2D eigenvalue weighted by molar-refractivity contribution is 5.68. The van der Waals surface area contributed by atoms with Crippen molar-refractivity contribution in [2.24, 2.45) is 40.2 Å². The van der Waals surface area contributed by atoms with Crippen LogP contribution < -0.4 is 5.73 Å². The van der Waals surface area contributed by atoms with Crippen molar-refractivity contribution in [3.8, 4) is 0 Å². The maximum absolute atomic E-state index is 12.0. The number of hydrogen-bond donors (Lipinski definition) is 1. The molecular weight excluding hydrogens is 354 g/mol. The lowest BCUT2D eigenvalue weighted by Gasteiger charge is -2.63. The molecule has 0 unspecified atom stereocenters. The molecule has 1 amide bonds. The molecule has 2 aliphatic rings. The van der Waals surface area contributed by atoms with Crippen molar-refractivity contribution in [1.29, 1.82) is 0 Å². The summed E-state index contributed by atoms with van der Waals surface area (Å²) in [6.45, 7) is 15.0. The van der Waals surface area contributed by atoms with Crippen LogP contribution in [0.2, 0.25) is 0 Å². The van der Waals surface area contributed by atoms with Crippen LogP contribution in [-0.4, -0.2) is 17.8 Å². The molecule has 0 aliphatic heterocycles. The van der Waals surface area contributed by atoms with E-state index in [4.69, 9.17) is 15.2 Å². The van der Waals surface area contributed by atoms with Gasteiger partial charge in [0.2, 0.25) is 0 Å². The molecule has 0 saturated heterocycles. The van der Waals surface area contributed by atoms with E-state index < -0.39 is 17.8 Å². The first kappa shape index (κ1) is 23.0. The molecule has 0 aromatic heterocycles. The van der Waals surface area contributed by atoms with Gasteiger partial charge in [-0.2, -0.15) is 0 Å². The Bertz CT molecular complexity index is 571. The van der Waals surface area contributed by atoms with Crippen molar-refractivity contribution >= 4 is 12.1 Å². The van der Waals surface area contributed by atoms with Crippen LogP contribution in [0.4, 0.5) is 4.79 Å². The first-order chi connectivity index (χ1) is 12.9. The van der Waals surface area contributed by atoms with E-state index in [1.165, 1.54) is 19.8 Å². The Hall–Kier alpha value is -1.26. The van der Waals surface area contributed by atoms with Crippen LogP contribution in [0, 0.1) is 34.5 Å². The number of esters is 1. The first-order valence-corrected chi connectivity index (χ1v) is 11.1. The molecule has 6 atom stereocenters. The molecule has 5 heteroatoms. The van der Waals surface area contributed by atoms with Crippen LogP contribution in [0.25, 0.3) is 0 Å². The summed E-state index contributed by atoms with van der Waals surface area (Å²) in [6, 6.07) is 0. The van der Waals surface area contributed by atoms with Gasteiger partial charge in [0.25, 0.3) is 5.79 Å². The number of ether oxygens (including phenoxy) is 2. The molecule has 0 spiro atoms. The Kier molecular flexibility index (Phi) is 6.77. The zero-order valence-electron chi connectivity index (χ0n) is 19.0. The van der Waals surface area contributed by atoms with E-state index in [0.717, 1.165) is 25.7 Å². The average Bonchev–Trinajstić information content (AvgIpc) is 2.55. The molecule has 2 fully saturated rings. The number of hydrogen-bond acceptors (Lipinski definition) is 4. The number of amides is 1. The van der Waals surface area contributed by atoms with Gasteiger partial charge in [0.1, 0.15) is 0 Å². The van der Waals surface area contributed by atoms with Gasteiger partial charge in [-0.1, -0.05) is 60.8 Å². The second kappa shape index (κ2) is 8.23. The zero-order chi connectivity index (χ0) is 21.3. The third-order valence-electron chi connectivity index (χ3n) is 8.17. The molecule has 5 nitrogen and oxygen atoms in total. The Morgan fingerprint density at radius 1 is 1.18 bits per heavy atom. The minimum Gasteiger partial charge on any atom is -0.422 e. The summed E-state index contributed by atoms with van der Waals surface area (Å²) in [5.41, 5.74) is 5.68. The van der Waals surface area contributed by atoms with Crippen LogP contribution in [-0.2, 0) is 14.3 Å². The SMILES string of the molecule is CC[C@@H](C)CC[C@H]1[C@@H](C)[C@@](OC(C)=O)(OC(N)=O)C[C@H]2C(C)(C)CCC[C@]12C. The van der Waals surface area contributed by atoms with Crippen LogP contribution in [0.15, 0.2) is 0 Å². The van der Waals surface area contributed by atoms with Gasteiger partial charge in [0, 0.05) is 19.3 Å². The topological polar surface area (TPSA) is 78.6 Å². The Balaban J connectivity index is 2.51. The van der Waals surface area contributed by atoms with E-state index >= 15 is 0 Å². The molecule has 0 heterocycles. The molecule has 0 bridgehead atoms. The summed E-state index contributed by atoms with van der Waals surface area (Å²) in [5.74, 6) is -0.539. The maximum Gasteiger partial charge on any atom is 0.407 e. The molecule has 162 valence electrons. The molecular formula is C23H41NO4. The van der Waals surface area contributed by atoms with Crippen LogP contribution >= 0.6 is 0 Å². The van der Waals surface area contributed by atoms with E-state index in [1.54, 1.807) is 0 Å². The summed E-state index contributed by atoms with van der Waals surface area (Å²) in [5, 5.41) is 0. The minimum absolute atomic E-state index is 0.0914. The molecule has 0 radical (unpaired) electrons. The highest BCUT2D eigenvalue weighted by atomic mass is 16.7. The van der Waals surface area contributed by atoms with E-state index in [1.807, 2.05) is 0 Å². The lowest BCUT2D eigenvalue weighted by molar-refractivity contribution is -0.287. The van der Waals surface area contributed by atoms with Crippen LogP contribution in [0.5, 0.6) is 0 Å². The summed E-state index contributed by atoms with van der Waals surface area (Å²) in [7, 11) is 0. The Morgan fingerprint density at radius 2 is 1.82 bits per heavy atom. The van der Waals surface area contributed by atoms with Gasteiger partial charge in [0.15, 0.2) is 0 Å². The standard InChI is InChI=1S/C23H41NO4/c1-8-15(2)10-11-18-16(3)23(27-17(4)25,28-20(24)26)14-19-21(5,6)12-9-13-22(18,19)7/h15-16,18-19H,8-14H2,1-7H3,(H2,24,26)/t15-,16-,18+,19+,22-,23+/m1/s1. The summed E-state index contributed by atoms with van der Waals surface area (Å²) in [4.78, 5) is 23.8. The predicted octanol–water partition coefficient (Wildman–Crippen LogP) is 5.66. The maximum atomic E-state index is 12.0. The largest absolute Gasteiger partial charge is 0.422 e. The second-order valence-corrected chi connectivity index (χ2v) is 10.4. The summed E-state index contributed by atoms with van der Waals surface area (Å²) < 4.78 is 11.4. The number of carbonyl (C=O) groups excluding carboxylic acids is 2. The van der Waals surface area contributed by atoms with Gasteiger partial charge in [-0.3, -0.25) is 4.79 Å². The molecule has 2 aliphatic carbocycles. The smallest absolute Gasteiger partial charge is 0.407 e. The van der Waals surface area contributed by atoms with Crippen molar-refractivity contribution in [2.75, 3.05) is 0 Å². The number of fused-ring (bicyclic) bond motifs is 1. The molecule has 2 N–H and O–H groups in total. The van der Waals surface area contributed by atoms with Gasteiger partial charge in [0.05, 0.1) is 0 Å². The predicted molar refractivity (Wildman–Crippen MR) is 110 cm³/mol. The van der Waals surface area contributed by atoms with Crippen LogP contribution in [0.1, 0.15) is 93.4 Å². The number of nitrogens with two attached hydrogens (primary N) is 1. The lowest BCUT2D eigenvalue weighted by Crippen LogP contribution is -2.63. The van der Waals surface area contributed by atoms with Gasteiger partial charge in [-0.05, 0) is 47.8 Å². The van der Waals surface area contributed by atoms with E-state index in [0.29, 0.717) is 24.2 Å². The number of carbonyl (C=O) groups is 2. The average molecular weight is 396 g/mol. The highest BCUT2D eigenvalue weighted by Crippen LogP contribution is 2.65. The van der Waals surface area contributed by atoms with Crippen molar-refractivity contribution in [3.05, 3.63) is 0 Å². The van der Waals surface area contributed by atoms with Crippen molar-refractivity contribution < 1.29 is 19.1 Å². The summed E-state index contributed by atoms with van der Waals surface area (Å²) in [6.07, 6.45) is 6.50. The van der Waals surface area contributed by atoms with Crippen molar-refractivity contribution in [2.45, 2.75) is 99.2 Å². The quantitative estimate of drug-likeness (QED) is 0.465. The van der Waals surface area contributed by atoms with Crippen molar-refractivity contribution in [1.82, 2.24) is 0 Å². The highest BCUT2D eigenvalue weighted by Gasteiger charge is 2.63. The van der Waals surface area contributed by atoms with Gasteiger partial charge >= 0.3 is 12.1 Å². The van der Waals surface area contributed by atoms with E-state index in [-0.39, 0.29) is 16.7 Å². The van der Waals surface area contributed by atoms with Gasteiger partial charge < -0.3 is 15.2 Å². The minimum atomic E-state index is -1.27. The molecule has 0 aromatic rings. The molecule has 0 aromatic carbocycles. The van der Waals surface area contributed by atoms with E-state index in [2.05, 4.69) is 41.5 Å². The normalized spacial score (nSPS) is 38.2. The molecule has 2 rings (SSSR count). The van der Waals surface area contributed by atoms with Gasteiger partial charge in [-0.15, -0.1) is 0 Å². The third kappa shape index (κ3) is 4.33. The van der Waals surface area contributed by atoms with Gasteiger partial charge in [-0.25, -0.2) is 4.79 Å². The lowest BCUT2D eigenvalue weighted by atomic mass is 9.44. The fourth-order valence-corrected chi connectivity index (χ4v) is 6.42. The van der Waals surface area contributed by atoms with E-state index in [9.17, 15) is 9.59 Å². The fraction of sp³-hybridized carbons (Fsp3) is 0.913. The Morgan fingerprint density at radius 3 is 2.36 bits per heavy atom. The fourth-order valence-electron chi connectivity index (χ4n) is 6.42. The van der Waals surface area contributed by atoms with Crippen LogP contribution in [0.3, 0.4) is 0 Å². The molecule has 28 heavy (non-hydrogen) atoms. The van der Waals surface area contributed by atoms with Crippen molar-refractivity contribution in [3.63, 3.8) is 0 Å². The zero-order valence-corrected chi connectivity index (χ0v) is 19.0. The summed E-state index contributed by atoms with van der Waals surface area (Å²) >= 11 is 0. The monoisotopic (exact) mass is 395 g/mol. The second-order valence-electron chi connectivity index (χ2n) is 10.4. The number of rotatable bonds is 6. The third-order valence-corrected chi connectivity index (χ3v) is 8.17.